The van der Waals surface area contributed by atoms with E-state index in [9.17, 15) is 14.9 Å². The minimum atomic E-state index is -0.551. The van der Waals surface area contributed by atoms with E-state index in [0.717, 1.165) is 0 Å². The lowest BCUT2D eigenvalue weighted by Crippen LogP contribution is -2.46. The highest BCUT2D eigenvalue weighted by Crippen LogP contribution is 2.30. The highest BCUT2D eigenvalue weighted by atomic mass is 16.6. The van der Waals surface area contributed by atoms with Gasteiger partial charge in [0.15, 0.2) is 5.76 Å². The van der Waals surface area contributed by atoms with Gasteiger partial charge < -0.3 is 9.73 Å². The molecule has 1 unspecified atom stereocenters. The molecule has 1 aromatic rings. The van der Waals surface area contributed by atoms with Crippen LogP contribution in [0, 0.1) is 10.1 Å². The van der Waals surface area contributed by atoms with Crippen LogP contribution in [0.2, 0.25) is 0 Å². The van der Waals surface area contributed by atoms with Gasteiger partial charge in [-0.1, -0.05) is 0 Å². The van der Waals surface area contributed by atoms with Crippen molar-refractivity contribution in [3.05, 3.63) is 28.2 Å². The zero-order chi connectivity index (χ0) is 9.42. The number of carbonyl (C=O) groups is 1. The number of β-lactam (4-membered cyclic amide) rings is 1. The maximum absolute atomic E-state index is 10.9. The summed E-state index contributed by atoms with van der Waals surface area (Å²) in [6.45, 7) is 0.410. The van der Waals surface area contributed by atoms with Crippen LogP contribution in [0.5, 0.6) is 0 Å². The Morgan fingerprint density at radius 2 is 2.46 bits per heavy atom. The summed E-state index contributed by atoms with van der Waals surface area (Å²) in [5.74, 6) is -0.567. The molecular formula is C7H6N2O4. The van der Waals surface area contributed by atoms with Gasteiger partial charge in [0.2, 0.25) is 5.91 Å². The van der Waals surface area contributed by atoms with Gasteiger partial charge in [0.1, 0.15) is 5.92 Å². The van der Waals surface area contributed by atoms with Crippen LogP contribution in [0.4, 0.5) is 5.69 Å². The molecule has 0 bridgehead atoms. The lowest BCUT2D eigenvalue weighted by molar-refractivity contribution is -0.386. The summed E-state index contributed by atoms with van der Waals surface area (Å²) in [7, 11) is 0. The molecule has 1 aliphatic rings. The maximum Gasteiger partial charge on any atom is 0.311 e. The molecular weight excluding hydrogens is 176 g/mol. The first-order chi connectivity index (χ1) is 6.20. The fourth-order valence-corrected chi connectivity index (χ4v) is 1.22. The zero-order valence-electron chi connectivity index (χ0n) is 6.52. The second kappa shape index (κ2) is 2.58. The Morgan fingerprint density at radius 3 is 2.92 bits per heavy atom. The number of amides is 1. The first kappa shape index (κ1) is 7.78. The standard InChI is InChI=1S/C7H6N2O4/c10-7-4(3-8-7)6-5(9(11)12)1-2-13-6/h1-2,4H,3H2,(H,8,10). The number of nitrogens with one attached hydrogen (secondary N) is 1. The first-order valence-corrected chi connectivity index (χ1v) is 3.69. The summed E-state index contributed by atoms with van der Waals surface area (Å²) in [4.78, 5) is 20.8. The molecule has 0 aromatic carbocycles. The molecule has 6 heteroatoms. The van der Waals surface area contributed by atoms with Crippen molar-refractivity contribution in [2.24, 2.45) is 0 Å². The Morgan fingerprint density at radius 1 is 1.69 bits per heavy atom. The average Bonchev–Trinajstić information content (AvgIpc) is 2.50. The fraction of sp³-hybridized carbons (Fsp3) is 0.286. The van der Waals surface area contributed by atoms with Crippen molar-refractivity contribution < 1.29 is 14.1 Å². The van der Waals surface area contributed by atoms with Crippen molar-refractivity contribution in [3.8, 4) is 0 Å². The normalized spacial score (nSPS) is 20.6. The summed E-state index contributed by atoms with van der Waals surface area (Å²) in [6, 6.07) is 1.25. The van der Waals surface area contributed by atoms with E-state index in [4.69, 9.17) is 4.42 Å². The molecule has 0 spiro atoms. The van der Waals surface area contributed by atoms with E-state index in [-0.39, 0.29) is 17.4 Å². The zero-order valence-corrected chi connectivity index (χ0v) is 6.52. The number of rotatable bonds is 2. The van der Waals surface area contributed by atoms with Crippen molar-refractivity contribution >= 4 is 11.6 Å². The van der Waals surface area contributed by atoms with Crippen LogP contribution in [0.1, 0.15) is 11.7 Å². The maximum atomic E-state index is 10.9. The minimum Gasteiger partial charge on any atom is -0.461 e. The van der Waals surface area contributed by atoms with E-state index in [1.807, 2.05) is 0 Å². The first-order valence-electron chi connectivity index (χ1n) is 3.69. The van der Waals surface area contributed by atoms with Gasteiger partial charge in [0, 0.05) is 6.54 Å². The summed E-state index contributed by atoms with van der Waals surface area (Å²) in [5.41, 5.74) is -0.125. The van der Waals surface area contributed by atoms with Gasteiger partial charge in [-0.25, -0.2) is 0 Å². The molecule has 1 aliphatic heterocycles. The summed E-state index contributed by atoms with van der Waals surface area (Å²) in [6.07, 6.45) is 1.22. The second-order valence-corrected chi connectivity index (χ2v) is 2.72. The average molecular weight is 182 g/mol. The third-order valence-electron chi connectivity index (χ3n) is 1.98. The van der Waals surface area contributed by atoms with Crippen molar-refractivity contribution in [2.45, 2.75) is 5.92 Å². The van der Waals surface area contributed by atoms with Crippen LogP contribution in [-0.4, -0.2) is 17.4 Å². The molecule has 1 atom stereocenters. The van der Waals surface area contributed by atoms with Crippen molar-refractivity contribution in [2.75, 3.05) is 6.54 Å². The smallest absolute Gasteiger partial charge is 0.311 e. The molecule has 1 aromatic heterocycles. The topological polar surface area (TPSA) is 85.4 Å². The van der Waals surface area contributed by atoms with Crippen LogP contribution < -0.4 is 5.32 Å². The number of hydrogen-bond donors (Lipinski definition) is 1. The Labute approximate surface area is 72.7 Å². The molecule has 68 valence electrons. The lowest BCUT2D eigenvalue weighted by atomic mass is 9.98. The van der Waals surface area contributed by atoms with E-state index < -0.39 is 10.8 Å². The summed E-state index contributed by atoms with van der Waals surface area (Å²) >= 11 is 0. The Kier molecular flexibility index (Phi) is 1.54. The molecule has 6 nitrogen and oxygen atoms in total. The number of hydrogen-bond acceptors (Lipinski definition) is 4. The van der Waals surface area contributed by atoms with Crippen molar-refractivity contribution in [3.63, 3.8) is 0 Å². The third-order valence-corrected chi connectivity index (χ3v) is 1.98. The monoisotopic (exact) mass is 182 g/mol. The van der Waals surface area contributed by atoms with Gasteiger partial charge in [0.25, 0.3) is 0 Å². The van der Waals surface area contributed by atoms with Crippen LogP contribution in [-0.2, 0) is 4.79 Å². The van der Waals surface area contributed by atoms with E-state index in [1.54, 1.807) is 0 Å². The van der Waals surface area contributed by atoms with Gasteiger partial charge in [-0.3, -0.25) is 14.9 Å². The molecule has 1 fully saturated rings. The van der Waals surface area contributed by atoms with E-state index in [0.29, 0.717) is 6.54 Å². The van der Waals surface area contributed by atoms with Gasteiger partial charge in [-0.2, -0.15) is 0 Å². The Bertz CT molecular complexity index is 370. The molecule has 0 saturated carbocycles. The molecule has 2 heterocycles. The Hall–Kier alpha value is -1.85. The molecule has 1 N–H and O–H groups in total. The van der Waals surface area contributed by atoms with Gasteiger partial charge in [-0.15, -0.1) is 0 Å². The summed E-state index contributed by atoms with van der Waals surface area (Å²) in [5, 5.41) is 12.9. The van der Waals surface area contributed by atoms with Crippen LogP contribution in [0.3, 0.4) is 0 Å². The largest absolute Gasteiger partial charge is 0.461 e. The highest BCUT2D eigenvalue weighted by molar-refractivity contribution is 5.89. The molecule has 0 aliphatic carbocycles. The Balaban J connectivity index is 2.34. The van der Waals surface area contributed by atoms with Gasteiger partial charge >= 0.3 is 5.69 Å². The predicted molar refractivity (Wildman–Crippen MR) is 41.1 cm³/mol. The minimum absolute atomic E-state index is 0.125. The molecule has 2 rings (SSSR count). The van der Waals surface area contributed by atoms with Crippen LogP contribution in [0.25, 0.3) is 0 Å². The van der Waals surface area contributed by atoms with Gasteiger partial charge in [0.05, 0.1) is 17.3 Å². The quantitative estimate of drug-likeness (QED) is 0.407. The van der Waals surface area contributed by atoms with E-state index in [2.05, 4.69) is 5.32 Å². The van der Waals surface area contributed by atoms with E-state index >= 15 is 0 Å². The lowest BCUT2D eigenvalue weighted by Gasteiger charge is -2.22. The molecule has 1 saturated heterocycles. The number of furan rings is 1. The molecule has 13 heavy (non-hydrogen) atoms. The van der Waals surface area contributed by atoms with Crippen LogP contribution >= 0.6 is 0 Å². The number of nitrogens with zero attached hydrogens (tertiary/aromatic N) is 1. The molecule has 0 radical (unpaired) electrons. The van der Waals surface area contributed by atoms with Gasteiger partial charge in [-0.05, 0) is 0 Å². The van der Waals surface area contributed by atoms with E-state index in [1.165, 1.54) is 12.3 Å². The second-order valence-electron chi connectivity index (χ2n) is 2.72. The highest BCUT2D eigenvalue weighted by Gasteiger charge is 2.37. The summed E-state index contributed by atoms with van der Waals surface area (Å²) < 4.78 is 4.90. The van der Waals surface area contributed by atoms with Crippen molar-refractivity contribution in [1.82, 2.24) is 5.32 Å². The predicted octanol–water partition coefficient (Wildman–Crippen LogP) is 0.401. The number of nitro groups is 1. The van der Waals surface area contributed by atoms with Crippen molar-refractivity contribution in [1.29, 1.82) is 0 Å². The molecule has 1 amide bonds. The van der Waals surface area contributed by atoms with Crippen LogP contribution in [0.15, 0.2) is 16.7 Å². The fourth-order valence-electron chi connectivity index (χ4n) is 1.22. The SMILES string of the molecule is O=C1NCC1c1occc1[N+](=O)[O-]. The number of carbonyl (C=O) groups excluding carboxylic acids is 1. The third kappa shape index (κ3) is 1.07.